The Morgan fingerprint density at radius 1 is 0.462 bits per heavy atom. The molecule has 1 aliphatic heterocycles. The molecule has 0 amide bonds. The van der Waals surface area contributed by atoms with Crippen molar-refractivity contribution in [2.24, 2.45) is 5.41 Å². The van der Waals surface area contributed by atoms with E-state index >= 15 is 0 Å². The summed E-state index contributed by atoms with van der Waals surface area (Å²) in [5, 5.41) is 2.33. The molecule has 0 fully saturated rings. The number of allylic oxidation sites excluding steroid dienone is 1. The van der Waals surface area contributed by atoms with Gasteiger partial charge in [0.15, 0.2) is 0 Å². The number of anilines is 2. The van der Waals surface area contributed by atoms with Gasteiger partial charge in [-0.15, -0.1) is 0 Å². The number of para-hydroxylation sites is 1. The van der Waals surface area contributed by atoms with Crippen molar-refractivity contribution in [3.63, 3.8) is 0 Å². The average Bonchev–Trinajstić information content (AvgIpc) is 3.94. The quantitative estimate of drug-likeness (QED) is 0.137. The van der Waals surface area contributed by atoms with Crippen molar-refractivity contribution in [1.82, 2.24) is 9.55 Å². The molecule has 0 atom stereocenters. The molecule has 1 aliphatic rings. The first-order valence-electron chi connectivity index (χ1n) is 22.7. The van der Waals surface area contributed by atoms with Crippen LogP contribution in [0.15, 0.2) is 206 Å². The Bertz CT molecular complexity index is 3190. The number of benzene rings is 7. The molecule has 2 aromatic heterocycles. The Morgan fingerprint density at radius 2 is 1.09 bits per heavy atom. The van der Waals surface area contributed by atoms with Crippen LogP contribution in [0.25, 0.3) is 38.8 Å². The fourth-order valence-electron chi connectivity index (χ4n) is 9.48. The largest absolute Gasteiger partial charge is 0.457 e. The topological polar surface area (TPSA) is 33.5 Å². The number of rotatable bonds is 10. The van der Waals surface area contributed by atoms with Crippen LogP contribution in [0.4, 0.5) is 11.4 Å². The van der Waals surface area contributed by atoms with Crippen LogP contribution >= 0.6 is 0 Å². The van der Waals surface area contributed by atoms with Crippen LogP contribution in [0.2, 0.25) is 0 Å². The Morgan fingerprint density at radius 3 is 1.80 bits per heavy atom. The Kier molecular flexibility index (Phi) is 10.5. The van der Waals surface area contributed by atoms with Crippen LogP contribution in [0.5, 0.6) is 11.5 Å². The lowest BCUT2D eigenvalue weighted by molar-refractivity contribution is 0.483. The SMILES string of the molecule is CC(C)(C)C1=CN(c2cccc(Oc3ccc4c5ccccc5n(-c5cc(C(C)(C)c6ccccc6)ccn5)c4c3)c2)CN1c1cc(-c2ccccc2)cc(C(C)(C)c2ccccc2)c1. The summed E-state index contributed by atoms with van der Waals surface area (Å²) in [6.07, 6.45) is 4.26. The molecule has 0 bridgehead atoms. The van der Waals surface area contributed by atoms with Crippen molar-refractivity contribution < 1.29 is 4.74 Å². The summed E-state index contributed by atoms with van der Waals surface area (Å²) >= 11 is 0. The van der Waals surface area contributed by atoms with E-state index in [9.17, 15) is 0 Å². The summed E-state index contributed by atoms with van der Waals surface area (Å²) in [6, 6.07) is 67.2. The number of hydrogen-bond donors (Lipinski definition) is 0. The summed E-state index contributed by atoms with van der Waals surface area (Å²) in [7, 11) is 0. The smallest absolute Gasteiger partial charge is 0.137 e. The van der Waals surface area contributed by atoms with Crippen molar-refractivity contribution in [3.8, 4) is 28.4 Å². The van der Waals surface area contributed by atoms with Gasteiger partial charge in [-0.1, -0.05) is 170 Å². The first-order valence-corrected chi connectivity index (χ1v) is 22.7. The summed E-state index contributed by atoms with van der Waals surface area (Å²) in [5.41, 5.74) is 12.5. The maximum absolute atomic E-state index is 6.78. The van der Waals surface area contributed by atoms with E-state index in [4.69, 9.17) is 9.72 Å². The van der Waals surface area contributed by atoms with E-state index in [2.05, 4.69) is 251 Å². The predicted molar refractivity (Wildman–Crippen MR) is 271 cm³/mol. The van der Waals surface area contributed by atoms with Crippen molar-refractivity contribution in [1.29, 1.82) is 0 Å². The zero-order valence-electron chi connectivity index (χ0n) is 38.5. The van der Waals surface area contributed by atoms with E-state index in [0.29, 0.717) is 6.67 Å². The van der Waals surface area contributed by atoms with Gasteiger partial charge in [0.05, 0.1) is 17.7 Å². The van der Waals surface area contributed by atoms with Gasteiger partial charge in [-0.2, -0.15) is 0 Å². The van der Waals surface area contributed by atoms with Gasteiger partial charge >= 0.3 is 0 Å². The minimum atomic E-state index is -0.214. The van der Waals surface area contributed by atoms with Crippen molar-refractivity contribution >= 4 is 33.2 Å². The molecule has 3 heterocycles. The lowest BCUT2D eigenvalue weighted by atomic mass is 9.77. The maximum Gasteiger partial charge on any atom is 0.137 e. The number of nitrogens with zero attached hydrogens (tertiary/aromatic N) is 4. The van der Waals surface area contributed by atoms with Crippen LogP contribution in [0.3, 0.4) is 0 Å². The van der Waals surface area contributed by atoms with Crippen LogP contribution in [0, 0.1) is 5.41 Å². The second-order valence-corrected chi connectivity index (χ2v) is 19.5. The number of pyridine rings is 1. The number of fused-ring (bicyclic) bond motifs is 3. The summed E-state index contributed by atoms with van der Waals surface area (Å²) in [5.74, 6) is 2.41. The lowest BCUT2D eigenvalue weighted by Gasteiger charge is -2.33. The van der Waals surface area contributed by atoms with Gasteiger partial charge in [0.2, 0.25) is 0 Å². The molecule has 0 aliphatic carbocycles. The van der Waals surface area contributed by atoms with Crippen molar-refractivity contribution in [2.45, 2.75) is 59.3 Å². The Balaban J connectivity index is 0.990. The molecule has 0 radical (unpaired) electrons. The molecule has 0 unspecified atom stereocenters. The molecule has 65 heavy (non-hydrogen) atoms. The standard InChI is InChI=1S/C60H56N4O/c1-58(2,3)56-40-62(41-63(56)49-35-43(42-20-11-8-12-21-42)34-47(36-49)60(6,7)45-24-15-10-16-25-45)48-26-19-27-50(38-48)65-51-30-31-53-52-28-17-18-29-54(52)64(55(53)39-51)57-37-46(32-33-61-57)59(4,5)44-22-13-9-14-23-44/h8-40H,41H2,1-7H3. The minimum Gasteiger partial charge on any atom is -0.457 e. The normalized spacial score (nSPS) is 13.4. The third kappa shape index (κ3) is 7.86. The van der Waals surface area contributed by atoms with E-state index in [1.807, 2.05) is 12.3 Å². The third-order valence-corrected chi connectivity index (χ3v) is 13.4. The molecular weight excluding hydrogens is 793 g/mol. The Labute approximate surface area is 383 Å². The highest BCUT2D eigenvalue weighted by molar-refractivity contribution is 6.09. The van der Waals surface area contributed by atoms with Crippen molar-refractivity contribution in [2.75, 3.05) is 16.5 Å². The maximum atomic E-state index is 6.78. The van der Waals surface area contributed by atoms with Gasteiger partial charge in [-0.05, 0) is 88.0 Å². The van der Waals surface area contributed by atoms with E-state index in [1.165, 1.54) is 50.2 Å². The van der Waals surface area contributed by atoms with E-state index in [1.54, 1.807) is 0 Å². The van der Waals surface area contributed by atoms with Crippen LogP contribution in [-0.2, 0) is 10.8 Å². The number of aromatic nitrogens is 2. The lowest BCUT2D eigenvalue weighted by Crippen LogP contribution is -2.31. The highest BCUT2D eigenvalue weighted by Gasteiger charge is 2.33. The Hall–Kier alpha value is -7.37. The molecule has 322 valence electrons. The second-order valence-electron chi connectivity index (χ2n) is 19.5. The highest BCUT2D eigenvalue weighted by Crippen LogP contribution is 2.44. The second kappa shape index (κ2) is 16.3. The highest BCUT2D eigenvalue weighted by atomic mass is 16.5. The average molecular weight is 849 g/mol. The molecule has 10 rings (SSSR count). The number of hydrogen-bond acceptors (Lipinski definition) is 4. The molecule has 9 aromatic rings. The monoisotopic (exact) mass is 848 g/mol. The van der Waals surface area contributed by atoms with Gasteiger partial charge in [0.1, 0.15) is 17.3 Å². The predicted octanol–water partition coefficient (Wildman–Crippen LogP) is 15.5. The fraction of sp³-hybridized carbons (Fsp3) is 0.183. The van der Waals surface area contributed by atoms with Gasteiger partial charge in [-0.25, -0.2) is 4.98 Å². The summed E-state index contributed by atoms with van der Waals surface area (Å²) in [6.45, 7) is 16.8. The molecule has 0 saturated heterocycles. The molecule has 7 aromatic carbocycles. The van der Waals surface area contributed by atoms with Crippen LogP contribution < -0.4 is 14.5 Å². The van der Waals surface area contributed by atoms with Crippen LogP contribution in [0.1, 0.15) is 70.7 Å². The molecule has 5 heteroatoms. The van der Waals surface area contributed by atoms with E-state index in [-0.39, 0.29) is 16.2 Å². The van der Waals surface area contributed by atoms with E-state index in [0.717, 1.165) is 39.4 Å². The zero-order valence-corrected chi connectivity index (χ0v) is 38.5. The van der Waals surface area contributed by atoms with Gasteiger partial charge in [-0.3, -0.25) is 4.57 Å². The number of ether oxygens (including phenoxy) is 1. The van der Waals surface area contributed by atoms with Gasteiger partial charge in [0.25, 0.3) is 0 Å². The first-order chi connectivity index (χ1) is 31.3. The fourth-order valence-corrected chi connectivity index (χ4v) is 9.48. The molecule has 0 N–H and O–H groups in total. The van der Waals surface area contributed by atoms with Gasteiger partial charge < -0.3 is 14.5 Å². The summed E-state index contributed by atoms with van der Waals surface area (Å²) in [4.78, 5) is 9.80. The first kappa shape index (κ1) is 41.6. The van der Waals surface area contributed by atoms with Gasteiger partial charge in [0, 0.05) is 68.6 Å². The minimum absolute atomic E-state index is 0.125. The molecular formula is C60H56N4O. The molecule has 0 spiro atoms. The van der Waals surface area contributed by atoms with Crippen molar-refractivity contribution in [3.05, 3.63) is 228 Å². The zero-order chi connectivity index (χ0) is 44.9. The van der Waals surface area contributed by atoms with Crippen LogP contribution in [-0.4, -0.2) is 16.2 Å². The molecule has 5 nitrogen and oxygen atoms in total. The summed E-state index contributed by atoms with van der Waals surface area (Å²) < 4.78 is 9.05. The third-order valence-electron chi connectivity index (χ3n) is 13.4. The molecule has 0 saturated carbocycles. The van der Waals surface area contributed by atoms with E-state index < -0.39 is 0 Å².